The van der Waals surface area contributed by atoms with Crippen LogP contribution in [0.3, 0.4) is 0 Å². The molecule has 1 saturated carbocycles. The Morgan fingerprint density at radius 3 is 2.57 bits per heavy atom. The third-order valence-corrected chi connectivity index (χ3v) is 2.59. The molecule has 5 nitrogen and oxygen atoms in total. The molecule has 0 aromatic carbocycles. The van der Waals surface area contributed by atoms with Gasteiger partial charge in [-0.3, -0.25) is 0 Å². The van der Waals surface area contributed by atoms with Gasteiger partial charge in [-0.05, 0) is 12.8 Å². The molecular formula is C9H19N3O2. The molecule has 1 rings (SSSR count). The van der Waals surface area contributed by atoms with Gasteiger partial charge >= 0.3 is 6.03 Å². The Labute approximate surface area is 84.0 Å². The second-order valence-electron chi connectivity index (χ2n) is 3.90. The average molecular weight is 201 g/mol. The van der Waals surface area contributed by atoms with E-state index in [2.05, 4.69) is 10.6 Å². The van der Waals surface area contributed by atoms with E-state index >= 15 is 0 Å². The maximum Gasteiger partial charge on any atom is 0.312 e. The summed E-state index contributed by atoms with van der Waals surface area (Å²) in [6.45, 7) is 1.75. The Balaban J connectivity index is 2.00. The number of rotatable bonds is 5. The summed E-state index contributed by atoms with van der Waals surface area (Å²) in [5, 5.41) is 15.5. The first-order valence-electron chi connectivity index (χ1n) is 5.09. The molecule has 0 unspecified atom stereocenters. The number of carbonyl (C=O) groups is 1. The van der Waals surface area contributed by atoms with Crippen LogP contribution in [0.5, 0.6) is 0 Å². The van der Waals surface area contributed by atoms with E-state index < -0.39 is 11.6 Å². The number of aliphatic hydroxyl groups is 1. The number of hydrogen-bond donors (Lipinski definition) is 4. The number of urea groups is 1. The van der Waals surface area contributed by atoms with E-state index in [0.717, 1.165) is 25.7 Å². The van der Waals surface area contributed by atoms with E-state index in [9.17, 15) is 9.90 Å². The summed E-state index contributed by atoms with van der Waals surface area (Å²) in [5.41, 5.74) is 4.37. The standard InChI is InChI=1S/C9H19N3O2/c10-8(13)12-6-5-11-7-9(14)3-1-2-4-9/h11,14H,1-7H2,(H3,10,12,13). The van der Waals surface area contributed by atoms with E-state index in [0.29, 0.717) is 19.6 Å². The third-order valence-electron chi connectivity index (χ3n) is 2.59. The molecule has 0 radical (unpaired) electrons. The average Bonchev–Trinajstić information content (AvgIpc) is 2.51. The van der Waals surface area contributed by atoms with Gasteiger partial charge in [-0.15, -0.1) is 0 Å². The Morgan fingerprint density at radius 2 is 2.00 bits per heavy atom. The van der Waals surface area contributed by atoms with Crippen molar-refractivity contribution in [2.75, 3.05) is 19.6 Å². The summed E-state index contributed by atoms with van der Waals surface area (Å²) in [6.07, 6.45) is 3.97. The van der Waals surface area contributed by atoms with Crippen LogP contribution in [0, 0.1) is 0 Å². The SMILES string of the molecule is NC(=O)NCCNCC1(O)CCCC1. The van der Waals surface area contributed by atoms with Crippen molar-refractivity contribution < 1.29 is 9.90 Å². The molecule has 5 N–H and O–H groups in total. The van der Waals surface area contributed by atoms with Gasteiger partial charge in [0, 0.05) is 19.6 Å². The number of carbonyl (C=O) groups excluding carboxylic acids is 1. The third kappa shape index (κ3) is 3.93. The molecular weight excluding hydrogens is 182 g/mol. The Morgan fingerprint density at radius 1 is 1.36 bits per heavy atom. The summed E-state index contributed by atoms with van der Waals surface area (Å²) in [7, 11) is 0. The van der Waals surface area contributed by atoms with Gasteiger partial charge in [0.1, 0.15) is 0 Å². The molecule has 0 bridgehead atoms. The Kier molecular flexibility index (Phi) is 4.16. The van der Waals surface area contributed by atoms with Crippen molar-refractivity contribution in [3.8, 4) is 0 Å². The van der Waals surface area contributed by atoms with Crippen LogP contribution in [-0.4, -0.2) is 36.4 Å². The van der Waals surface area contributed by atoms with Crippen molar-refractivity contribution in [1.82, 2.24) is 10.6 Å². The smallest absolute Gasteiger partial charge is 0.312 e. The number of nitrogens with two attached hydrogens (primary N) is 1. The second kappa shape index (κ2) is 5.17. The fourth-order valence-corrected chi connectivity index (χ4v) is 1.81. The van der Waals surface area contributed by atoms with Gasteiger partial charge in [0.15, 0.2) is 0 Å². The number of primary amides is 1. The van der Waals surface area contributed by atoms with Crippen molar-refractivity contribution in [2.24, 2.45) is 5.73 Å². The van der Waals surface area contributed by atoms with Crippen molar-refractivity contribution in [3.63, 3.8) is 0 Å². The van der Waals surface area contributed by atoms with Gasteiger partial charge in [0.2, 0.25) is 0 Å². The highest BCUT2D eigenvalue weighted by Gasteiger charge is 2.30. The first-order valence-corrected chi connectivity index (χ1v) is 5.09. The Bertz CT molecular complexity index is 190. The summed E-state index contributed by atoms with van der Waals surface area (Å²) in [6, 6.07) is -0.508. The predicted octanol–water partition coefficient (Wildman–Crippen LogP) is -0.451. The zero-order valence-corrected chi connectivity index (χ0v) is 8.38. The van der Waals surface area contributed by atoms with Crippen molar-refractivity contribution in [2.45, 2.75) is 31.3 Å². The zero-order chi connectivity index (χ0) is 10.4. The fraction of sp³-hybridized carbons (Fsp3) is 0.889. The van der Waals surface area contributed by atoms with Crippen LogP contribution in [-0.2, 0) is 0 Å². The monoisotopic (exact) mass is 201 g/mol. The molecule has 14 heavy (non-hydrogen) atoms. The molecule has 1 fully saturated rings. The van der Waals surface area contributed by atoms with Crippen LogP contribution in [0.4, 0.5) is 4.79 Å². The second-order valence-corrected chi connectivity index (χ2v) is 3.90. The number of nitrogens with one attached hydrogen (secondary N) is 2. The lowest BCUT2D eigenvalue weighted by Gasteiger charge is -2.22. The van der Waals surface area contributed by atoms with Crippen molar-refractivity contribution >= 4 is 6.03 Å². The summed E-state index contributed by atoms with van der Waals surface area (Å²) < 4.78 is 0. The number of hydrogen-bond acceptors (Lipinski definition) is 3. The minimum atomic E-state index is -0.521. The van der Waals surface area contributed by atoms with E-state index in [1.807, 2.05) is 0 Å². The summed E-state index contributed by atoms with van der Waals surface area (Å²) in [4.78, 5) is 10.3. The molecule has 1 aliphatic rings. The van der Waals surface area contributed by atoms with Gasteiger partial charge in [-0.1, -0.05) is 12.8 Å². The van der Waals surface area contributed by atoms with Crippen LogP contribution >= 0.6 is 0 Å². The van der Waals surface area contributed by atoms with E-state index in [-0.39, 0.29) is 0 Å². The highest BCUT2D eigenvalue weighted by atomic mass is 16.3. The predicted molar refractivity (Wildman–Crippen MR) is 53.9 cm³/mol. The molecule has 5 heteroatoms. The van der Waals surface area contributed by atoms with E-state index in [4.69, 9.17) is 5.73 Å². The van der Waals surface area contributed by atoms with Gasteiger partial charge in [0.25, 0.3) is 0 Å². The normalized spacial score (nSPS) is 19.5. The molecule has 0 heterocycles. The highest BCUT2D eigenvalue weighted by Crippen LogP contribution is 2.28. The van der Waals surface area contributed by atoms with Crippen LogP contribution in [0.1, 0.15) is 25.7 Å². The first kappa shape index (κ1) is 11.3. The minimum Gasteiger partial charge on any atom is -0.389 e. The lowest BCUT2D eigenvalue weighted by molar-refractivity contribution is 0.0481. The van der Waals surface area contributed by atoms with Crippen LogP contribution in [0.15, 0.2) is 0 Å². The molecule has 0 aliphatic heterocycles. The summed E-state index contributed by atoms with van der Waals surface area (Å²) in [5.74, 6) is 0. The Hall–Kier alpha value is -0.810. The van der Waals surface area contributed by atoms with E-state index in [1.165, 1.54) is 0 Å². The van der Waals surface area contributed by atoms with Crippen LogP contribution < -0.4 is 16.4 Å². The van der Waals surface area contributed by atoms with Gasteiger partial charge in [0.05, 0.1) is 5.60 Å². The molecule has 2 amide bonds. The number of amides is 2. The summed E-state index contributed by atoms with van der Waals surface area (Å²) >= 11 is 0. The molecule has 0 saturated heterocycles. The molecule has 0 aromatic heterocycles. The molecule has 0 spiro atoms. The molecule has 82 valence electrons. The molecule has 0 atom stereocenters. The quantitative estimate of drug-likeness (QED) is 0.454. The lowest BCUT2D eigenvalue weighted by Crippen LogP contribution is -2.42. The topological polar surface area (TPSA) is 87.4 Å². The maximum atomic E-state index is 10.3. The van der Waals surface area contributed by atoms with Crippen LogP contribution in [0.2, 0.25) is 0 Å². The van der Waals surface area contributed by atoms with Crippen molar-refractivity contribution in [3.05, 3.63) is 0 Å². The van der Waals surface area contributed by atoms with Gasteiger partial charge in [-0.25, -0.2) is 4.79 Å². The van der Waals surface area contributed by atoms with Gasteiger partial charge < -0.3 is 21.5 Å². The largest absolute Gasteiger partial charge is 0.389 e. The fourth-order valence-electron chi connectivity index (χ4n) is 1.81. The molecule has 1 aliphatic carbocycles. The minimum absolute atomic E-state index is 0.505. The first-order chi connectivity index (χ1) is 6.62. The molecule has 0 aromatic rings. The lowest BCUT2D eigenvalue weighted by atomic mass is 10.0. The maximum absolute atomic E-state index is 10.3. The van der Waals surface area contributed by atoms with Crippen molar-refractivity contribution in [1.29, 1.82) is 0 Å². The van der Waals surface area contributed by atoms with Crippen LogP contribution in [0.25, 0.3) is 0 Å². The van der Waals surface area contributed by atoms with E-state index in [1.54, 1.807) is 0 Å². The highest BCUT2D eigenvalue weighted by molar-refractivity contribution is 5.71. The zero-order valence-electron chi connectivity index (χ0n) is 8.38. The van der Waals surface area contributed by atoms with Gasteiger partial charge in [-0.2, -0.15) is 0 Å².